The summed E-state index contributed by atoms with van der Waals surface area (Å²) in [6, 6.07) is 0. The summed E-state index contributed by atoms with van der Waals surface area (Å²) in [7, 11) is 0. The normalized spacial score (nSPS) is 37.8. The molecule has 0 aromatic rings. The number of ether oxygens (including phenoxy) is 8. The van der Waals surface area contributed by atoms with Gasteiger partial charge in [-0.05, 0) is 19.8 Å². The Morgan fingerprint density at radius 2 is 1.22 bits per heavy atom. The molecule has 58 heavy (non-hydrogen) atoms. The number of rotatable bonds is 24. The van der Waals surface area contributed by atoms with E-state index in [4.69, 9.17) is 43.6 Å². The molecule has 25 heteroatoms. The van der Waals surface area contributed by atoms with Crippen molar-refractivity contribution in [3.05, 3.63) is 0 Å². The van der Waals surface area contributed by atoms with Crippen LogP contribution in [0.2, 0.25) is 0 Å². The van der Waals surface area contributed by atoms with Crippen LogP contribution in [0, 0.1) is 0 Å². The molecule has 0 aliphatic carbocycles. The second-order valence-electron chi connectivity index (χ2n) is 14.0. The summed E-state index contributed by atoms with van der Waals surface area (Å²) in [6.45, 7) is -3.29. The first-order chi connectivity index (χ1) is 27.5. The van der Waals surface area contributed by atoms with E-state index in [9.17, 15) is 76.0 Å². The monoisotopic (exact) mass is 852 g/mol. The van der Waals surface area contributed by atoms with Crippen LogP contribution in [0.25, 0.3) is 0 Å². The lowest BCUT2D eigenvalue weighted by Crippen LogP contribution is -2.65. The molecule has 3 saturated heterocycles. The molecule has 3 rings (SSSR count). The van der Waals surface area contributed by atoms with Crippen LogP contribution in [0.1, 0.15) is 32.6 Å². The van der Waals surface area contributed by atoms with Crippen molar-refractivity contribution in [3.8, 4) is 0 Å². The number of amides is 2. The summed E-state index contributed by atoms with van der Waals surface area (Å²) < 4.78 is 44.5. The summed E-state index contributed by atoms with van der Waals surface area (Å²) in [5, 5.41) is 137. The first-order valence-electron chi connectivity index (χ1n) is 18.8. The minimum atomic E-state index is -1.96. The van der Waals surface area contributed by atoms with Gasteiger partial charge >= 0.3 is 0 Å². The minimum absolute atomic E-state index is 0.0263. The molecular weight excluding hydrogens is 792 g/mol. The molecule has 0 spiro atoms. The van der Waals surface area contributed by atoms with E-state index < -0.39 is 156 Å². The highest BCUT2D eigenvalue weighted by Crippen LogP contribution is 2.31. The molecule has 3 aliphatic rings. The van der Waals surface area contributed by atoms with E-state index in [0.717, 1.165) is 0 Å². The maximum absolute atomic E-state index is 12.0. The minimum Gasteiger partial charge on any atom is -0.394 e. The Bertz CT molecular complexity index is 1210. The fourth-order valence-electron chi connectivity index (χ4n) is 6.29. The predicted octanol–water partition coefficient (Wildman–Crippen LogP) is -8.92. The number of aliphatic hydroxyl groups excluding tert-OH is 13. The lowest BCUT2D eigenvalue weighted by molar-refractivity contribution is -0.368. The van der Waals surface area contributed by atoms with Gasteiger partial charge in [0.25, 0.3) is 0 Å². The standard InChI is InChI=1S/C33H60N2O23/c1-13(52-32-27(50)24(47)29(18(12-40)56-32)58-33-25(48)22(45)21(44)16(10-38)54-33)15(9-37)53-30(14(41)8-36)57-28-17(11-39)55-31(26(49)23(28)46)51-7-6-35-20(43)5-3-2-4-19(34)42/h13-18,21-33,36-41,44-50H,2-12H2,1H3,(H2,34,42)(H,35,43). The third kappa shape index (κ3) is 13.6. The average Bonchev–Trinajstić information content (AvgIpc) is 3.20. The number of hydrogen-bond acceptors (Lipinski definition) is 23. The zero-order valence-corrected chi connectivity index (χ0v) is 31.7. The van der Waals surface area contributed by atoms with Crippen LogP contribution in [-0.4, -0.2) is 241 Å². The third-order valence-corrected chi connectivity index (χ3v) is 9.72. The van der Waals surface area contributed by atoms with E-state index in [1.807, 2.05) is 0 Å². The van der Waals surface area contributed by atoms with E-state index >= 15 is 0 Å². The Kier molecular flexibility index (Phi) is 21.3. The molecule has 0 aromatic carbocycles. The molecule has 19 atom stereocenters. The van der Waals surface area contributed by atoms with Crippen LogP contribution < -0.4 is 11.1 Å². The topological polar surface area (TPSA) is 409 Å². The molecule has 0 bridgehead atoms. The van der Waals surface area contributed by atoms with Crippen molar-refractivity contribution < 1.29 is 114 Å². The quantitative estimate of drug-likeness (QED) is 0.0317. The summed E-state index contributed by atoms with van der Waals surface area (Å²) in [4.78, 5) is 22.8. The fraction of sp³-hybridized carbons (Fsp3) is 0.939. The van der Waals surface area contributed by atoms with Crippen molar-refractivity contribution in [2.75, 3.05) is 46.2 Å². The van der Waals surface area contributed by atoms with Gasteiger partial charge in [0.2, 0.25) is 11.8 Å². The van der Waals surface area contributed by atoms with Gasteiger partial charge in [-0.25, -0.2) is 0 Å². The van der Waals surface area contributed by atoms with Crippen molar-refractivity contribution in [3.63, 3.8) is 0 Å². The Morgan fingerprint density at radius 3 is 1.83 bits per heavy atom. The molecular formula is C33H60N2O23. The van der Waals surface area contributed by atoms with Gasteiger partial charge < -0.3 is 115 Å². The largest absolute Gasteiger partial charge is 0.394 e. The zero-order chi connectivity index (χ0) is 43.3. The average molecular weight is 853 g/mol. The van der Waals surface area contributed by atoms with Crippen molar-refractivity contribution in [1.29, 1.82) is 0 Å². The Balaban J connectivity index is 1.60. The van der Waals surface area contributed by atoms with Gasteiger partial charge in [0.1, 0.15) is 85.5 Å². The molecule has 19 unspecified atom stereocenters. The van der Waals surface area contributed by atoms with E-state index in [0.29, 0.717) is 12.8 Å². The van der Waals surface area contributed by atoms with Crippen LogP contribution >= 0.6 is 0 Å². The summed E-state index contributed by atoms with van der Waals surface area (Å²) in [5.41, 5.74) is 5.07. The lowest BCUT2D eigenvalue weighted by atomic mass is 9.97. The van der Waals surface area contributed by atoms with Crippen molar-refractivity contribution in [2.24, 2.45) is 5.73 Å². The maximum Gasteiger partial charge on any atom is 0.220 e. The van der Waals surface area contributed by atoms with Gasteiger partial charge in [-0.15, -0.1) is 0 Å². The van der Waals surface area contributed by atoms with Gasteiger partial charge in [-0.2, -0.15) is 0 Å². The molecule has 0 aromatic heterocycles. The van der Waals surface area contributed by atoms with Gasteiger partial charge in [0, 0.05) is 19.4 Å². The highest BCUT2D eigenvalue weighted by atomic mass is 16.8. The van der Waals surface area contributed by atoms with E-state index in [1.165, 1.54) is 6.92 Å². The second-order valence-corrected chi connectivity index (χ2v) is 14.0. The first-order valence-corrected chi connectivity index (χ1v) is 18.8. The Labute approximate surface area is 332 Å². The summed E-state index contributed by atoms with van der Waals surface area (Å²) in [5.74, 6) is -0.813. The van der Waals surface area contributed by atoms with Gasteiger partial charge in [0.15, 0.2) is 25.2 Å². The van der Waals surface area contributed by atoms with Crippen LogP contribution in [0.3, 0.4) is 0 Å². The van der Waals surface area contributed by atoms with Gasteiger partial charge in [-0.1, -0.05) is 0 Å². The number of nitrogens with one attached hydrogen (secondary N) is 1. The molecule has 0 saturated carbocycles. The molecule has 3 aliphatic heterocycles. The van der Waals surface area contributed by atoms with Crippen molar-refractivity contribution >= 4 is 11.8 Å². The molecule has 3 fully saturated rings. The number of nitrogens with two attached hydrogens (primary N) is 1. The zero-order valence-electron chi connectivity index (χ0n) is 31.7. The SMILES string of the molecule is CC(OC1OC(CO)C(OC2OC(CO)C(O)C(O)C2O)C(O)C1O)C(CO)OC(OC1C(CO)OC(OCCNC(=O)CCCCC(N)=O)C(O)C1O)C(O)CO. The third-order valence-electron chi connectivity index (χ3n) is 9.72. The van der Waals surface area contributed by atoms with Crippen LogP contribution in [0.5, 0.6) is 0 Å². The van der Waals surface area contributed by atoms with Crippen molar-refractivity contribution in [2.45, 2.75) is 149 Å². The lowest BCUT2D eigenvalue weighted by Gasteiger charge is -2.46. The number of carbonyl (C=O) groups is 2. The first kappa shape index (κ1) is 50.5. The Morgan fingerprint density at radius 1 is 0.672 bits per heavy atom. The second kappa shape index (κ2) is 24.5. The molecule has 0 radical (unpaired) electrons. The summed E-state index contributed by atoms with van der Waals surface area (Å²) >= 11 is 0. The summed E-state index contributed by atoms with van der Waals surface area (Å²) in [6.07, 6.45) is -31.1. The van der Waals surface area contributed by atoms with Gasteiger partial charge in [0.05, 0.1) is 45.7 Å². The van der Waals surface area contributed by atoms with Crippen molar-refractivity contribution in [1.82, 2.24) is 5.32 Å². The molecule has 340 valence electrons. The molecule has 3 heterocycles. The highest BCUT2D eigenvalue weighted by molar-refractivity contribution is 5.76. The van der Waals surface area contributed by atoms with Crippen LogP contribution in [0.4, 0.5) is 0 Å². The number of hydrogen-bond donors (Lipinski definition) is 15. The van der Waals surface area contributed by atoms with E-state index in [2.05, 4.69) is 5.32 Å². The van der Waals surface area contributed by atoms with Gasteiger partial charge in [-0.3, -0.25) is 9.59 Å². The maximum atomic E-state index is 12.0. The number of carbonyl (C=O) groups excluding carboxylic acids is 2. The molecule has 16 N–H and O–H groups in total. The van der Waals surface area contributed by atoms with Crippen LogP contribution in [-0.2, 0) is 47.5 Å². The predicted molar refractivity (Wildman–Crippen MR) is 185 cm³/mol. The van der Waals surface area contributed by atoms with Crippen LogP contribution in [0.15, 0.2) is 0 Å². The highest BCUT2D eigenvalue weighted by Gasteiger charge is 2.52. The molecule has 25 nitrogen and oxygen atoms in total. The smallest absolute Gasteiger partial charge is 0.220 e. The van der Waals surface area contributed by atoms with E-state index in [-0.39, 0.29) is 31.9 Å². The number of primary amides is 1. The molecule has 2 amide bonds. The Hall–Kier alpha value is -1.90. The fourth-order valence-corrected chi connectivity index (χ4v) is 6.29. The number of aliphatic hydroxyl groups is 13. The van der Waals surface area contributed by atoms with E-state index in [1.54, 1.807) is 0 Å². The number of unbranched alkanes of at least 4 members (excludes halogenated alkanes) is 1.